The van der Waals surface area contributed by atoms with Gasteiger partial charge in [0.15, 0.2) is 0 Å². The standard InChI is InChI=1S/C10H17N3/c1-3-5-12-7-9-4-6-13-8-10(9)11-2/h4,6,8,11-12H,3,5,7H2,1-2H3. The van der Waals surface area contributed by atoms with Crippen LogP contribution in [0.4, 0.5) is 5.69 Å². The van der Waals surface area contributed by atoms with E-state index in [9.17, 15) is 0 Å². The van der Waals surface area contributed by atoms with Crippen molar-refractivity contribution >= 4 is 5.69 Å². The fraction of sp³-hybridized carbons (Fsp3) is 0.500. The van der Waals surface area contributed by atoms with Crippen molar-refractivity contribution in [2.45, 2.75) is 19.9 Å². The molecule has 0 aromatic carbocycles. The summed E-state index contributed by atoms with van der Waals surface area (Å²) in [4.78, 5) is 4.05. The largest absolute Gasteiger partial charge is 0.387 e. The molecule has 3 heteroatoms. The first-order chi connectivity index (χ1) is 6.38. The highest BCUT2D eigenvalue weighted by atomic mass is 14.9. The number of rotatable bonds is 5. The summed E-state index contributed by atoms with van der Waals surface area (Å²) in [6.45, 7) is 4.14. The summed E-state index contributed by atoms with van der Waals surface area (Å²) < 4.78 is 0. The van der Waals surface area contributed by atoms with E-state index in [0.29, 0.717) is 0 Å². The molecular weight excluding hydrogens is 162 g/mol. The fourth-order valence-electron chi connectivity index (χ4n) is 1.20. The van der Waals surface area contributed by atoms with Crippen molar-refractivity contribution in [1.82, 2.24) is 10.3 Å². The van der Waals surface area contributed by atoms with Gasteiger partial charge in [0.25, 0.3) is 0 Å². The van der Waals surface area contributed by atoms with Gasteiger partial charge in [0.05, 0.1) is 11.9 Å². The van der Waals surface area contributed by atoms with Crippen LogP contribution in [-0.4, -0.2) is 18.6 Å². The molecule has 0 unspecified atom stereocenters. The molecule has 0 atom stereocenters. The fourth-order valence-corrected chi connectivity index (χ4v) is 1.20. The Morgan fingerprint density at radius 3 is 3.00 bits per heavy atom. The van der Waals surface area contributed by atoms with Crippen molar-refractivity contribution < 1.29 is 0 Å². The third kappa shape index (κ3) is 3.03. The molecule has 13 heavy (non-hydrogen) atoms. The molecule has 1 heterocycles. The number of hydrogen-bond acceptors (Lipinski definition) is 3. The molecule has 72 valence electrons. The maximum atomic E-state index is 4.05. The zero-order valence-electron chi connectivity index (χ0n) is 8.30. The van der Waals surface area contributed by atoms with Gasteiger partial charge in [0.1, 0.15) is 0 Å². The van der Waals surface area contributed by atoms with Crippen LogP contribution in [0, 0.1) is 0 Å². The first-order valence-electron chi connectivity index (χ1n) is 4.69. The van der Waals surface area contributed by atoms with Crippen LogP contribution >= 0.6 is 0 Å². The first kappa shape index (κ1) is 9.99. The Kier molecular flexibility index (Phi) is 4.26. The Morgan fingerprint density at radius 2 is 2.31 bits per heavy atom. The lowest BCUT2D eigenvalue weighted by Crippen LogP contribution is -2.14. The van der Waals surface area contributed by atoms with Gasteiger partial charge in [-0.1, -0.05) is 6.92 Å². The summed E-state index contributed by atoms with van der Waals surface area (Å²) in [5, 5.41) is 6.48. The van der Waals surface area contributed by atoms with Gasteiger partial charge >= 0.3 is 0 Å². The normalized spacial score (nSPS) is 10.0. The minimum absolute atomic E-state index is 0.909. The summed E-state index contributed by atoms with van der Waals surface area (Å²) in [7, 11) is 1.92. The van der Waals surface area contributed by atoms with Gasteiger partial charge in [-0.25, -0.2) is 0 Å². The van der Waals surface area contributed by atoms with E-state index in [-0.39, 0.29) is 0 Å². The van der Waals surface area contributed by atoms with E-state index >= 15 is 0 Å². The van der Waals surface area contributed by atoms with Crippen LogP contribution in [-0.2, 0) is 6.54 Å². The molecule has 0 fully saturated rings. The molecule has 1 aromatic heterocycles. The number of hydrogen-bond donors (Lipinski definition) is 2. The predicted octanol–water partition coefficient (Wildman–Crippen LogP) is 1.62. The molecule has 3 nitrogen and oxygen atoms in total. The molecule has 0 aliphatic rings. The van der Waals surface area contributed by atoms with Crippen LogP contribution < -0.4 is 10.6 Å². The Morgan fingerprint density at radius 1 is 1.46 bits per heavy atom. The Balaban J connectivity index is 2.54. The zero-order valence-corrected chi connectivity index (χ0v) is 8.30. The topological polar surface area (TPSA) is 37.0 Å². The van der Waals surface area contributed by atoms with Gasteiger partial charge < -0.3 is 10.6 Å². The van der Waals surface area contributed by atoms with E-state index in [0.717, 1.165) is 18.8 Å². The minimum Gasteiger partial charge on any atom is -0.387 e. The second-order valence-corrected chi connectivity index (χ2v) is 2.96. The first-order valence-corrected chi connectivity index (χ1v) is 4.69. The van der Waals surface area contributed by atoms with Crippen molar-refractivity contribution in [3.05, 3.63) is 24.0 Å². The summed E-state index contributed by atoms with van der Waals surface area (Å²) >= 11 is 0. The maximum Gasteiger partial charge on any atom is 0.0569 e. The number of pyridine rings is 1. The molecule has 0 bridgehead atoms. The van der Waals surface area contributed by atoms with E-state index in [1.807, 2.05) is 25.5 Å². The molecular formula is C10H17N3. The third-order valence-corrected chi connectivity index (χ3v) is 1.92. The summed E-state index contributed by atoms with van der Waals surface area (Å²) in [6.07, 6.45) is 4.84. The van der Waals surface area contributed by atoms with Crippen LogP contribution in [0.25, 0.3) is 0 Å². The zero-order chi connectivity index (χ0) is 9.52. The van der Waals surface area contributed by atoms with Crippen molar-refractivity contribution in [2.24, 2.45) is 0 Å². The van der Waals surface area contributed by atoms with Crippen molar-refractivity contribution in [3.63, 3.8) is 0 Å². The van der Waals surface area contributed by atoms with Gasteiger partial charge in [-0.2, -0.15) is 0 Å². The number of aromatic nitrogens is 1. The van der Waals surface area contributed by atoms with Crippen LogP contribution in [0.15, 0.2) is 18.5 Å². The third-order valence-electron chi connectivity index (χ3n) is 1.92. The summed E-state index contributed by atoms with van der Waals surface area (Å²) in [5.74, 6) is 0. The quantitative estimate of drug-likeness (QED) is 0.674. The number of nitrogens with zero attached hydrogens (tertiary/aromatic N) is 1. The van der Waals surface area contributed by atoms with Gasteiger partial charge in [0, 0.05) is 19.8 Å². The van der Waals surface area contributed by atoms with Crippen LogP contribution in [0.5, 0.6) is 0 Å². The number of nitrogens with one attached hydrogen (secondary N) is 2. The molecule has 0 spiro atoms. The lowest BCUT2D eigenvalue weighted by atomic mass is 10.2. The van der Waals surface area contributed by atoms with Crippen molar-refractivity contribution in [3.8, 4) is 0 Å². The Hall–Kier alpha value is -1.09. The molecule has 0 saturated carbocycles. The average molecular weight is 179 g/mol. The van der Waals surface area contributed by atoms with Crippen LogP contribution in [0.2, 0.25) is 0 Å². The van der Waals surface area contributed by atoms with Crippen LogP contribution in [0.1, 0.15) is 18.9 Å². The van der Waals surface area contributed by atoms with Gasteiger partial charge in [-0.15, -0.1) is 0 Å². The minimum atomic E-state index is 0.909. The SMILES string of the molecule is CCCNCc1ccncc1NC. The van der Waals surface area contributed by atoms with E-state index in [4.69, 9.17) is 0 Å². The maximum absolute atomic E-state index is 4.05. The molecule has 0 amide bonds. The van der Waals surface area contributed by atoms with Gasteiger partial charge in [-0.05, 0) is 24.6 Å². The smallest absolute Gasteiger partial charge is 0.0569 e. The lowest BCUT2D eigenvalue weighted by molar-refractivity contribution is 0.676. The molecule has 0 radical (unpaired) electrons. The Labute approximate surface area is 79.6 Å². The molecule has 1 aromatic rings. The highest BCUT2D eigenvalue weighted by Crippen LogP contribution is 2.11. The van der Waals surface area contributed by atoms with E-state index in [1.165, 1.54) is 12.0 Å². The second kappa shape index (κ2) is 5.54. The molecule has 0 saturated heterocycles. The van der Waals surface area contributed by atoms with Crippen molar-refractivity contribution in [1.29, 1.82) is 0 Å². The van der Waals surface area contributed by atoms with Crippen molar-refractivity contribution in [2.75, 3.05) is 18.9 Å². The molecule has 0 aliphatic heterocycles. The monoisotopic (exact) mass is 179 g/mol. The number of anilines is 1. The lowest BCUT2D eigenvalue weighted by Gasteiger charge is -2.08. The average Bonchev–Trinajstić information content (AvgIpc) is 2.19. The van der Waals surface area contributed by atoms with E-state index in [2.05, 4.69) is 22.5 Å². The van der Waals surface area contributed by atoms with Gasteiger partial charge in [0.2, 0.25) is 0 Å². The van der Waals surface area contributed by atoms with Crippen LogP contribution in [0.3, 0.4) is 0 Å². The van der Waals surface area contributed by atoms with E-state index < -0.39 is 0 Å². The summed E-state index contributed by atoms with van der Waals surface area (Å²) in [6, 6.07) is 2.04. The highest BCUT2D eigenvalue weighted by Gasteiger charge is 1.98. The van der Waals surface area contributed by atoms with E-state index in [1.54, 1.807) is 0 Å². The predicted molar refractivity (Wildman–Crippen MR) is 55.8 cm³/mol. The molecule has 0 aliphatic carbocycles. The highest BCUT2D eigenvalue weighted by molar-refractivity contribution is 5.48. The van der Waals surface area contributed by atoms with Gasteiger partial charge in [-0.3, -0.25) is 4.98 Å². The second-order valence-electron chi connectivity index (χ2n) is 2.96. The summed E-state index contributed by atoms with van der Waals surface area (Å²) in [5.41, 5.74) is 2.37. The molecule has 1 rings (SSSR count). The Bertz CT molecular complexity index is 248. The molecule has 2 N–H and O–H groups in total.